The van der Waals surface area contributed by atoms with Gasteiger partial charge in [-0.15, -0.1) is 0 Å². The van der Waals surface area contributed by atoms with E-state index < -0.39 is 0 Å². The molecule has 0 unspecified atom stereocenters. The van der Waals surface area contributed by atoms with Crippen LogP contribution < -0.4 is 0 Å². The summed E-state index contributed by atoms with van der Waals surface area (Å²) in [6.45, 7) is 15.8. The molecule has 8 aromatic carbocycles. The van der Waals surface area contributed by atoms with Crippen LogP contribution in [0.4, 0.5) is 11.4 Å². The molecule has 0 fully saturated rings. The van der Waals surface area contributed by atoms with Crippen LogP contribution in [0.15, 0.2) is 176 Å². The van der Waals surface area contributed by atoms with E-state index in [1.807, 2.05) is 36.4 Å². The molecule has 11 rings (SSSR count). The fourth-order valence-electron chi connectivity index (χ4n) is 8.65. The van der Waals surface area contributed by atoms with E-state index in [4.69, 9.17) is 13.1 Å². The van der Waals surface area contributed by atoms with Crippen LogP contribution in [-0.2, 0) is 0 Å². The van der Waals surface area contributed by atoms with Gasteiger partial charge >= 0.3 is 0 Å². The fraction of sp³-hybridized carbons (Fsp3) is 0. The maximum Gasteiger partial charge on any atom is 0.211 e. The minimum atomic E-state index is 0.568. The highest BCUT2D eigenvalue weighted by Gasteiger charge is 2.18. The zero-order valence-electron chi connectivity index (χ0n) is 29.5. The first kappa shape index (κ1) is 30.7. The molecule has 0 aliphatic carbocycles. The molecule has 11 aromatic rings. The Balaban J connectivity index is 1.03. The second-order valence-corrected chi connectivity index (χ2v) is 14.0. The minimum absolute atomic E-state index is 0.568. The first-order valence-electron chi connectivity index (χ1n) is 18.3. The molecule has 0 saturated heterocycles. The van der Waals surface area contributed by atoms with E-state index in [-0.39, 0.29) is 0 Å². The SMILES string of the molecule is [C-]#[N+]c1ccc2c(c1)c1ccccc1n2-c1ccc(-c2ccc(-n3c4ccccc4c4ccc(-n5c6ccccc6c6ccccc65)cc43)cc2)cc1[N+]#[C-]. The summed E-state index contributed by atoms with van der Waals surface area (Å²) in [5.74, 6) is 0. The molecule has 0 saturated carbocycles. The van der Waals surface area contributed by atoms with Crippen molar-refractivity contribution in [1.82, 2.24) is 13.7 Å². The molecule has 0 amide bonds. The Bertz CT molecular complexity index is 3400. The maximum absolute atomic E-state index is 8.23. The molecule has 254 valence electrons. The van der Waals surface area contributed by atoms with Crippen molar-refractivity contribution in [3.8, 4) is 28.2 Å². The van der Waals surface area contributed by atoms with E-state index in [9.17, 15) is 0 Å². The molecular weight excluding hydrogens is 671 g/mol. The van der Waals surface area contributed by atoms with Crippen molar-refractivity contribution in [1.29, 1.82) is 0 Å². The Morgan fingerprint density at radius 1 is 0.327 bits per heavy atom. The molecule has 0 aliphatic rings. The topological polar surface area (TPSA) is 23.5 Å². The molecule has 5 nitrogen and oxygen atoms in total. The van der Waals surface area contributed by atoms with E-state index in [1.165, 1.54) is 32.6 Å². The van der Waals surface area contributed by atoms with E-state index >= 15 is 0 Å². The zero-order chi connectivity index (χ0) is 36.6. The summed E-state index contributed by atoms with van der Waals surface area (Å²) in [4.78, 5) is 7.69. The Morgan fingerprint density at radius 3 is 1.42 bits per heavy atom. The smallest absolute Gasteiger partial charge is 0.211 e. The van der Waals surface area contributed by atoms with Crippen LogP contribution in [0.2, 0.25) is 0 Å². The Labute approximate surface area is 316 Å². The van der Waals surface area contributed by atoms with E-state index in [0.717, 1.165) is 61.0 Å². The summed E-state index contributed by atoms with van der Waals surface area (Å²) in [5, 5.41) is 6.97. The first-order chi connectivity index (χ1) is 27.2. The van der Waals surface area contributed by atoms with Crippen LogP contribution in [-0.4, -0.2) is 13.7 Å². The third kappa shape index (κ3) is 4.51. The van der Waals surface area contributed by atoms with Gasteiger partial charge in [0.05, 0.1) is 51.9 Å². The summed E-state index contributed by atoms with van der Waals surface area (Å²) in [6.07, 6.45) is 0. The summed E-state index contributed by atoms with van der Waals surface area (Å²) in [7, 11) is 0. The predicted molar refractivity (Wildman–Crippen MR) is 227 cm³/mol. The zero-order valence-corrected chi connectivity index (χ0v) is 29.5. The van der Waals surface area contributed by atoms with Crippen molar-refractivity contribution in [2.24, 2.45) is 0 Å². The number of benzene rings is 8. The quantitative estimate of drug-likeness (QED) is 0.163. The van der Waals surface area contributed by atoms with Crippen molar-refractivity contribution in [2.75, 3.05) is 0 Å². The van der Waals surface area contributed by atoms with Crippen LogP contribution >= 0.6 is 0 Å². The lowest BCUT2D eigenvalue weighted by molar-refractivity contribution is 1.15. The van der Waals surface area contributed by atoms with Gasteiger partial charge in [0.25, 0.3) is 0 Å². The van der Waals surface area contributed by atoms with Crippen molar-refractivity contribution in [3.05, 3.63) is 199 Å². The minimum Gasteiger partial charge on any atom is -0.319 e. The second kappa shape index (κ2) is 11.8. The highest BCUT2D eigenvalue weighted by Crippen LogP contribution is 2.40. The number of hydrogen-bond donors (Lipinski definition) is 0. The summed E-state index contributed by atoms with van der Waals surface area (Å²) in [6, 6.07) is 61.5. The number of para-hydroxylation sites is 4. The number of nitrogens with zero attached hydrogens (tertiary/aromatic N) is 5. The van der Waals surface area contributed by atoms with Crippen LogP contribution in [0.3, 0.4) is 0 Å². The lowest BCUT2D eigenvalue weighted by Crippen LogP contribution is -1.97. The number of aromatic nitrogens is 3. The molecule has 0 spiro atoms. The van der Waals surface area contributed by atoms with Crippen molar-refractivity contribution >= 4 is 76.8 Å². The largest absolute Gasteiger partial charge is 0.319 e. The third-order valence-electron chi connectivity index (χ3n) is 11.1. The number of fused-ring (bicyclic) bond motifs is 9. The highest BCUT2D eigenvalue weighted by molar-refractivity contribution is 6.13. The molecule has 0 bridgehead atoms. The Kier molecular flexibility index (Phi) is 6.61. The van der Waals surface area contributed by atoms with Gasteiger partial charge in [0.15, 0.2) is 5.69 Å². The Morgan fingerprint density at radius 2 is 0.818 bits per heavy atom. The van der Waals surface area contributed by atoms with E-state index in [0.29, 0.717) is 11.4 Å². The van der Waals surface area contributed by atoms with Gasteiger partial charge in [0, 0.05) is 38.3 Å². The average Bonchev–Trinajstić information content (AvgIpc) is 3.88. The van der Waals surface area contributed by atoms with Crippen LogP contribution in [0.5, 0.6) is 0 Å². The molecule has 0 radical (unpaired) electrons. The maximum atomic E-state index is 8.23. The Hall–Kier alpha value is -7.86. The average molecular weight is 700 g/mol. The van der Waals surface area contributed by atoms with Gasteiger partial charge in [0.2, 0.25) is 5.69 Å². The van der Waals surface area contributed by atoms with Crippen molar-refractivity contribution < 1.29 is 0 Å². The van der Waals surface area contributed by atoms with Crippen LogP contribution in [0.1, 0.15) is 0 Å². The van der Waals surface area contributed by atoms with E-state index in [2.05, 4.69) is 163 Å². The molecule has 3 aromatic heterocycles. The normalized spacial score (nSPS) is 11.6. The second-order valence-electron chi connectivity index (χ2n) is 14.0. The standard InChI is InChI=1S/C50H29N5/c1-51-34-22-28-48-42(30-34)40-14-6-10-18-47(40)55(48)49-27-21-33(29-43(49)52-2)32-19-23-35(24-20-32)53-44-15-7-5-13-39(44)41-26-25-36(31-50(41)53)54-45-16-8-3-11-37(45)38-12-4-9-17-46(38)54/h3-31H. The number of hydrogen-bond acceptors (Lipinski definition) is 0. The van der Waals surface area contributed by atoms with Crippen molar-refractivity contribution in [2.45, 2.75) is 0 Å². The van der Waals surface area contributed by atoms with Gasteiger partial charge < -0.3 is 13.7 Å². The molecule has 0 atom stereocenters. The summed E-state index contributed by atoms with van der Waals surface area (Å²) in [5.41, 5.74) is 12.8. The molecule has 5 heteroatoms. The lowest BCUT2D eigenvalue weighted by Gasteiger charge is -2.13. The fourth-order valence-corrected chi connectivity index (χ4v) is 8.65. The molecular formula is C50H29N5. The monoisotopic (exact) mass is 699 g/mol. The van der Waals surface area contributed by atoms with Gasteiger partial charge in [-0.25, -0.2) is 9.69 Å². The molecule has 0 aliphatic heterocycles. The summed E-state index contributed by atoms with van der Waals surface area (Å²) >= 11 is 0. The highest BCUT2D eigenvalue weighted by atomic mass is 15.0. The van der Waals surface area contributed by atoms with Gasteiger partial charge in [-0.3, -0.25) is 0 Å². The van der Waals surface area contributed by atoms with Gasteiger partial charge in [0.1, 0.15) is 0 Å². The third-order valence-corrected chi connectivity index (χ3v) is 11.1. The van der Waals surface area contributed by atoms with Crippen molar-refractivity contribution in [3.63, 3.8) is 0 Å². The molecule has 0 N–H and O–H groups in total. The first-order valence-corrected chi connectivity index (χ1v) is 18.3. The van der Waals surface area contributed by atoms with Gasteiger partial charge in [-0.05, 0) is 89.3 Å². The van der Waals surface area contributed by atoms with Gasteiger partial charge in [-0.2, -0.15) is 0 Å². The molecule has 3 heterocycles. The summed E-state index contributed by atoms with van der Waals surface area (Å²) < 4.78 is 6.88. The van der Waals surface area contributed by atoms with E-state index in [1.54, 1.807) is 0 Å². The number of rotatable bonds is 4. The van der Waals surface area contributed by atoms with Crippen LogP contribution in [0, 0.1) is 13.1 Å². The van der Waals surface area contributed by atoms with Crippen LogP contribution in [0.25, 0.3) is 103 Å². The molecule has 55 heavy (non-hydrogen) atoms. The van der Waals surface area contributed by atoms with Gasteiger partial charge in [-0.1, -0.05) is 103 Å². The predicted octanol–water partition coefficient (Wildman–Crippen LogP) is 13.7. The lowest BCUT2D eigenvalue weighted by atomic mass is 10.0.